The molecular formula is C9H13N3O2. The Bertz CT molecular complexity index is 409. The number of nitrogens with zero attached hydrogens (tertiary/aromatic N) is 1. The Kier molecular flexibility index (Phi) is 2.91. The molecule has 0 atom stereocenters. The van der Waals surface area contributed by atoms with Crippen molar-refractivity contribution < 1.29 is 4.79 Å². The maximum atomic E-state index is 11.4. The van der Waals surface area contributed by atoms with Crippen molar-refractivity contribution in [3.05, 3.63) is 28.2 Å². The zero-order chi connectivity index (χ0) is 10.7. The van der Waals surface area contributed by atoms with Crippen LogP contribution in [-0.2, 0) is 11.3 Å². The Labute approximate surface area is 81.5 Å². The molecule has 1 rings (SSSR count). The van der Waals surface area contributed by atoms with E-state index in [2.05, 4.69) is 5.32 Å². The Morgan fingerprint density at radius 2 is 2.21 bits per heavy atom. The first-order valence-corrected chi connectivity index (χ1v) is 4.22. The summed E-state index contributed by atoms with van der Waals surface area (Å²) in [4.78, 5) is 22.5. The van der Waals surface area contributed by atoms with Gasteiger partial charge in [0.05, 0.1) is 5.69 Å². The number of anilines is 1. The number of hydrogen-bond acceptors (Lipinski definition) is 3. The van der Waals surface area contributed by atoms with Gasteiger partial charge < -0.3 is 15.6 Å². The fourth-order valence-corrected chi connectivity index (χ4v) is 1.11. The number of pyridine rings is 1. The van der Waals surface area contributed by atoms with Gasteiger partial charge in [-0.25, -0.2) is 0 Å². The van der Waals surface area contributed by atoms with Gasteiger partial charge in [-0.15, -0.1) is 0 Å². The van der Waals surface area contributed by atoms with Gasteiger partial charge in [-0.2, -0.15) is 0 Å². The summed E-state index contributed by atoms with van der Waals surface area (Å²) in [6.07, 6.45) is 0. The summed E-state index contributed by atoms with van der Waals surface area (Å²) in [5.41, 5.74) is 6.51. The number of aromatic nitrogens is 1. The van der Waals surface area contributed by atoms with Crippen LogP contribution >= 0.6 is 0 Å². The van der Waals surface area contributed by atoms with Gasteiger partial charge in [0.15, 0.2) is 0 Å². The van der Waals surface area contributed by atoms with Gasteiger partial charge >= 0.3 is 0 Å². The normalized spacial score (nSPS) is 9.86. The highest BCUT2D eigenvalue weighted by Crippen LogP contribution is 2.05. The van der Waals surface area contributed by atoms with Crippen LogP contribution in [0, 0.1) is 6.92 Å². The van der Waals surface area contributed by atoms with Crippen LogP contribution in [0.4, 0.5) is 5.69 Å². The molecule has 1 amide bonds. The van der Waals surface area contributed by atoms with E-state index in [0.29, 0.717) is 11.4 Å². The van der Waals surface area contributed by atoms with Crippen molar-refractivity contribution in [3.63, 3.8) is 0 Å². The molecule has 14 heavy (non-hydrogen) atoms. The third-order valence-electron chi connectivity index (χ3n) is 2.07. The molecule has 0 bridgehead atoms. The van der Waals surface area contributed by atoms with Crippen molar-refractivity contribution in [2.45, 2.75) is 13.5 Å². The summed E-state index contributed by atoms with van der Waals surface area (Å²) in [6, 6.07) is 2.89. The zero-order valence-electron chi connectivity index (χ0n) is 8.20. The quantitative estimate of drug-likeness (QED) is 0.667. The number of nitrogens with two attached hydrogens (primary N) is 1. The lowest BCUT2D eigenvalue weighted by molar-refractivity contribution is -0.121. The number of nitrogen functional groups attached to an aromatic ring is 1. The largest absolute Gasteiger partial charge is 0.397 e. The summed E-state index contributed by atoms with van der Waals surface area (Å²) >= 11 is 0. The van der Waals surface area contributed by atoms with E-state index in [1.54, 1.807) is 6.92 Å². The molecule has 0 aromatic carbocycles. The number of nitrogens with one attached hydrogen (secondary N) is 1. The molecule has 3 N–H and O–H groups in total. The van der Waals surface area contributed by atoms with Crippen LogP contribution in [0.2, 0.25) is 0 Å². The first-order valence-electron chi connectivity index (χ1n) is 4.22. The van der Waals surface area contributed by atoms with E-state index in [1.807, 2.05) is 0 Å². The van der Waals surface area contributed by atoms with Crippen LogP contribution in [0.25, 0.3) is 0 Å². The lowest BCUT2D eigenvalue weighted by Crippen LogP contribution is -2.31. The van der Waals surface area contributed by atoms with Crippen molar-refractivity contribution in [2.24, 2.45) is 0 Å². The van der Waals surface area contributed by atoms with E-state index in [0.717, 1.165) is 0 Å². The van der Waals surface area contributed by atoms with Crippen LogP contribution in [0.15, 0.2) is 16.9 Å². The minimum Gasteiger partial charge on any atom is -0.397 e. The van der Waals surface area contributed by atoms with Crippen LogP contribution < -0.4 is 16.6 Å². The van der Waals surface area contributed by atoms with Crippen molar-refractivity contribution in [1.82, 2.24) is 9.88 Å². The highest BCUT2D eigenvalue weighted by atomic mass is 16.2. The second-order valence-electron chi connectivity index (χ2n) is 2.97. The molecule has 0 fully saturated rings. The molecule has 0 saturated heterocycles. The summed E-state index contributed by atoms with van der Waals surface area (Å²) in [5.74, 6) is -0.221. The molecule has 0 aliphatic heterocycles. The summed E-state index contributed by atoms with van der Waals surface area (Å²) in [6.45, 7) is 1.71. The topological polar surface area (TPSA) is 77.1 Å². The van der Waals surface area contributed by atoms with Gasteiger partial charge in [-0.1, -0.05) is 0 Å². The molecule has 0 aliphatic carbocycles. The fourth-order valence-electron chi connectivity index (χ4n) is 1.11. The predicted octanol–water partition coefficient (Wildman–Crippen LogP) is -0.515. The maximum Gasteiger partial charge on any atom is 0.251 e. The maximum absolute atomic E-state index is 11.4. The number of carbonyl (C=O) groups is 1. The van der Waals surface area contributed by atoms with E-state index in [9.17, 15) is 9.59 Å². The number of likely N-dealkylation sites (N-methyl/N-ethyl adjacent to an activating group) is 1. The smallest absolute Gasteiger partial charge is 0.251 e. The molecule has 0 aliphatic rings. The minimum atomic E-state index is -0.222. The average Bonchev–Trinajstić information content (AvgIpc) is 2.18. The molecule has 0 saturated carbocycles. The number of carbonyl (C=O) groups excluding carboxylic acids is 1. The van der Waals surface area contributed by atoms with Crippen molar-refractivity contribution in [2.75, 3.05) is 12.8 Å². The first kappa shape index (κ1) is 10.3. The van der Waals surface area contributed by atoms with Gasteiger partial charge in [0.2, 0.25) is 5.91 Å². The van der Waals surface area contributed by atoms with Gasteiger partial charge in [0.1, 0.15) is 6.54 Å². The molecule has 5 heteroatoms. The highest BCUT2D eigenvalue weighted by molar-refractivity contribution is 5.75. The molecule has 1 aromatic rings. The molecule has 76 valence electrons. The lowest BCUT2D eigenvalue weighted by Gasteiger charge is -2.10. The Hall–Kier alpha value is -1.78. The van der Waals surface area contributed by atoms with Crippen molar-refractivity contribution in [1.29, 1.82) is 0 Å². The van der Waals surface area contributed by atoms with Crippen LogP contribution in [0.1, 0.15) is 5.69 Å². The second-order valence-corrected chi connectivity index (χ2v) is 2.97. The van der Waals surface area contributed by atoms with Gasteiger partial charge in [0, 0.05) is 18.8 Å². The number of rotatable bonds is 2. The van der Waals surface area contributed by atoms with E-state index >= 15 is 0 Å². The monoisotopic (exact) mass is 195 g/mol. The van der Waals surface area contributed by atoms with Gasteiger partial charge in [0.25, 0.3) is 5.56 Å². The molecule has 0 radical (unpaired) electrons. The fraction of sp³-hybridized carbons (Fsp3) is 0.333. The molecule has 1 heterocycles. The molecule has 5 nitrogen and oxygen atoms in total. The van der Waals surface area contributed by atoms with Crippen molar-refractivity contribution >= 4 is 11.6 Å². The van der Waals surface area contributed by atoms with E-state index in [-0.39, 0.29) is 18.0 Å². The summed E-state index contributed by atoms with van der Waals surface area (Å²) in [7, 11) is 1.52. The summed E-state index contributed by atoms with van der Waals surface area (Å²) in [5, 5.41) is 2.45. The minimum absolute atomic E-state index is 0.00616. The van der Waals surface area contributed by atoms with Crippen LogP contribution in [0.5, 0.6) is 0 Å². The first-order chi connectivity index (χ1) is 6.56. The Morgan fingerprint density at radius 3 is 2.79 bits per heavy atom. The Morgan fingerprint density at radius 1 is 1.57 bits per heavy atom. The number of hydrogen-bond donors (Lipinski definition) is 2. The van der Waals surface area contributed by atoms with Crippen molar-refractivity contribution in [3.8, 4) is 0 Å². The predicted molar refractivity (Wildman–Crippen MR) is 53.9 cm³/mol. The molecular weight excluding hydrogens is 182 g/mol. The third kappa shape index (κ3) is 1.93. The molecule has 0 unspecified atom stereocenters. The lowest BCUT2D eigenvalue weighted by atomic mass is 10.3. The highest BCUT2D eigenvalue weighted by Gasteiger charge is 2.06. The third-order valence-corrected chi connectivity index (χ3v) is 2.07. The van der Waals surface area contributed by atoms with E-state index in [1.165, 1.54) is 23.7 Å². The standard InChI is InChI=1S/C9H13N3O2/c1-6-7(10)3-4-9(14)12(6)5-8(13)11-2/h3-4H,5,10H2,1-2H3,(H,11,13). The van der Waals surface area contributed by atoms with Crippen LogP contribution in [-0.4, -0.2) is 17.5 Å². The zero-order valence-corrected chi connectivity index (χ0v) is 8.20. The second kappa shape index (κ2) is 3.95. The number of amides is 1. The van der Waals surface area contributed by atoms with E-state index < -0.39 is 0 Å². The average molecular weight is 195 g/mol. The van der Waals surface area contributed by atoms with Gasteiger partial charge in [-0.05, 0) is 13.0 Å². The summed E-state index contributed by atoms with van der Waals surface area (Å²) < 4.78 is 1.34. The van der Waals surface area contributed by atoms with Crippen LogP contribution in [0.3, 0.4) is 0 Å². The molecule has 1 aromatic heterocycles. The van der Waals surface area contributed by atoms with E-state index in [4.69, 9.17) is 5.73 Å². The Balaban J connectivity index is 3.13. The SMILES string of the molecule is CNC(=O)Cn1c(C)c(N)ccc1=O. The van der Waals surface area contributed by atoms with Gasteiger partial charge in [-0.3, -0.25) is 9.59 Å². The molecule has 0 spiro atoms.